The van der Waals surface area contributed by atoms with Gasteiger partial charge < -0.3 is 0 Å². The third-order valence-electron chi connectivity index (χ3n) is 3.52. The molecule has 0 N–H and O–H groups in total. The fourth-order valence-electron chi connectivity index (χ4n) is 2.37. The lowest BCUT2D eigenvalue weighted by Crippen LogP contribution is -2.41. The molecule has 0 bridgehead atoms. The van der Waals surface area contributed by atoms with Gasteiger partial charge in [-0.15, -0.1) is 0 Å². The molecule has 98 valence electrons. The molecule has 1 saturated heterocycles. The predicted octanol–water partition coefficient (Wildman–Crippen LogP) is 3.02. The minimum Gasteiger partial charge on any atom is -0.293 e. The lowest BCUT2D eigenvalue weighted by molar-refractivity contribution is 0.0856. The zero-order valence-electron chi connectivity index (χ0n) is 10.5. The molecule has 0 aromatic heterocycles. The quantitative estimate of drug-likeness (QED) is 0.772. The normalized spacial score (nSPS) is 20.9. The molecule has 1 heterocycles. The van der Waals surface area contributed by atoms with Crippen molar-refractivity contribution in [2.45, 2.75) is 32.2 Å². The maximum absolute atomic E-state index is 13.5. The van der Waals surface area contributed by atoms with E-state index in [0.29, 0.717) is 6.04 Å². The SMILES string of the molecule is CC1CCCCN1CC(=O)c1cc(F)ccc1F. The van der Waals surface area contributed by atoms with Crippen LogP contribution in [0.15, 0.2) is 18.2 Å². The lowest BCUT2D eigenvalue weighted by Gasteiger charge is -2.32. The summed E-state index contributed by atoms with van der Waals surface area (Å²) in [6, 6.07) is 3.34. The van der Waals surface area contributed by atoms with E-state index in [9.17, 15) is 13.6 Å². The Hall–Kier alpha value is -1.29. The monoisotopic (exact) mass is 253 g/mol. The molecule has 0 aliphatic carbocycles. The maximum Gasteiger partial charge on any atom is 0.179 e. The van der Waals surface area contributed by atoms with Gasteiger partial charge in [-0.3, -0.25) is 9.69 Å². The number of halogens is 2. The molecule has 4 heteroatoms. The minimum atomic E-state index is -0.647. The van der Waals surface area contributed by atoms with Crippen molar-refractivity contribution in [1.29, 1.82) is 0 Å². The Bertz CT molecular complexity index is 447. The van der Waals surface area contributed by atoms with Crippen LogP contribution in [0.5, 0.6) is 0 Å². The van der Waals surface area contributed by atoms with E-state index in [-0.39, 0.29) is 17.9 Å². The van der Waals surface area contributed by atoms with E-state index in [2.05, 4.69) is 6.92 Å². The van der Waals surface area contributed by atoms with E-state index in [4.69, 9.17) is 0 Å². The molecule has 0 radical (unpaired) electrons. The van der Waals surface area contributed by atoms with Crippen LogP contribution in [0.4, 0.5) is 8.78 Å². The van der Waals surface area contributed by atoms with E-state index in [1.807, 2.05) is 4.90 Å². The van der Waals surface area contributed by atoms with Gasteiger partial charge in [0, 0.05) is 6.04 Å². The summed E-state index contributed by atoms with van der Waals surface area (Å²) in [6.45, 7) is 3.08. The third kappa shape index (κ3) is 2.93. The summed E-state index contributed by atoms with van der Waals surface area (Å²) >= 11 is 0. The van der Waals surface area contributed by atoms with E-state index in [1.54, 1.807) is 0 Å². The van der Waals surface area contributed by atoms with Crippen LogP contribution >= 0.6 is 0 Å². The third-order valence-corrected chi connectivity index (χ3v) is 3.52. The van der Waals surface area contributed by atoms with Crippen LogP contribution in [0.2, 0.25) is 0 Å². The average Bonchev–Trinajstić information content (AvgIpc) is 2.35. The molecule has 1 aliphatic heterocycles. The zero-order valence-corrected chi connectivity index (χ0v) is 10.5. The van der Waals surface area contributed by atoms with Crippen molar-refractivity contribution in [2.24, 2.45) is 0 Å². The minimum absolute atomic E-state index is 0.146. The van der Waals surface area contributed by atoms with Crippen LogP contribution in [0.3, 0.4) is 0 Å². The first-order valence-corrected chi connectivity index (χ1v) is 6.30. The summed E-state index contributed by atoms with van der Waals surface area (Å²) in [6.07, 6.45) is 3.28. The summed E-state index contributed by atoms with van der Waals surface area (Å²) in [7, 11) is 0. The molecule has 0 saturated carbocycles. The number of carbonyl (C=O) groups is 1. The molecule has 2 nitrogen and oxygen atoms in total. The first-order chi connectivity index (χ1) is 8.58. The first kappa shape index (κ1) is 13.1. The van der Waals surface area contributed by atoms with E-state index in [0.717, 1.165) is 37.6 Å². The Kier molecular flexibility index (Phi) is 4.07. The Balaban J connectivity index is 2.09. The highest BCUT2D eigenvalue weighted by molar-refractivity contribution is 5.97. The summed E-state index contributed by atoms with van der Waals surface area (Å²) in [5, 5.41) is 0. The molecule has 1 fully saturated rings. The Morgan fingerprint density at radius 2 is 2.17 bits per heavy atom. The molecule has 2 rings (SSSR count). The van der Waals surface area contributed by atoms with E-state index >= 15 is 0 Å². The number of ketones is 1. The Labute approximate surface area is 106 Å². The van der Waals surface area contributed by atoms with Crippen LogP contribution in [0.1, 0.15) is 36.5 Å². The van der Waals surface area contributed by atoms with Crippen molar-refractivity contribution in [2.75, 3.05) is 13.1 Å². The second-order valence-corrected chi connectivity index (χ2v) is 4.86. The van der Waals surface area contributed by atoms with Crippen molar-refractivity contribution >= 4 is 5.78 Å². The van der Waals surface area contributed by atoms with E-state index < -0.39 is 11.6 Å². The second kappa shape index (κ2) is 5.57. The van der Waals surface area contributed by atoms with Gasteiger partial charge in [0.25, 0.3) is 0 Å². The standard InChI is InChI=1S/C14H17F2NO/c1-10-4-2-3-7-17(10)9-14(18)12-8-11(15)5-6-13(12)16/h5-6,8,10H,2-4,7,9H2,1H3. The van der Waals surface area contributed by atoms with E-state index in [1.165, 1.54) is 6.42 Å². The van der Waals surface area contributed by atoms with Gasteiger partial charge in [0.15, 0.2) is 5.78 Å². The highest BCUT2D eigenvalue weighted by atomic mass is 19.1. The van der Waals surface area contributed by atoms with Crippen molar-refractivity contribution in [1.82, 2.24) is 4.90 Å². The number of nitrogens with zero attached hydrogens (tertiary/aromatic N) is 1. The fraction of sp³-hybridized carbons (Fsp3) is 0.500. The Morgan fingerprint density at radius 3 is 2.89 bits per heavy atom. The molecule has 1 aromatic carbocycles. The van der Waals surface area contributed by atoms with Crippen LogP contribution in [0, 0.1) is 11.6 Å². The second-order valence-electron chi connectivity index (χ2n) is 4.86. The van der Waals surface area contributed by atoms with Gasteiger partial charge in [0.05, 0.1) is 12.1 Å². The number of hydrogen-bond donors (Lipinski definition) is 0. The highest BCUT2D eigenvalue weighted by Crippen LogP contribution is 2.18. The van der Waals surface area contributed by atoms with Gasteiger partial charge in [-0.25, -0.2) is 8.78 Å². The number of benzene rings is 1. The number of rotatable bonds is 3. The van der Waals surface area contributed by atoms with Crippen molar-refractivity contribution in [3.8, 4) is 0 Å². The average molecular weight is 253 g/mol. The number of likely N-dealkylation sites (tertiary alicyclic amines) is 1. The summed E-state index contributed by atoms with van der Waals surface area (Å²) in [5.74, 6) is -1.57. The molecule has 1 atom stereocenters. The Morgan fingerprint density at radius 1 is 1.39 bits per heavy atom. The molecule has 1 unspecified atom stereocenters. The number of carbonyl (C=O) groups excluding carboxylic acids is 1. The molecule has 18 heavy (non-hydrogen) atoms. The lowest BCUT2D eigenvalue weighted by atomic mass is 10.0. The fourth-order valence-corrected chi connectivity index (χ4v) is 2.37. The summed E-state index contributed by atoms with van der Waals surface area (Å²) in [5.41, 5.74) is -0.146. The molecule has 1 aromatic rings. The van der Waals surface area contributed by atoms with Crippen molar-refractivity contribution in [3.05, 3.63) is 35.4 Å². The van der Waals surface area contributed by atoms with Crippen molar-refractivity contribution in [3.63, 3.8) is 0 Å². The molecule has 0 amide bonds. The van der Waals surface area contributed by atoms with Gasteiger partial charge in [0.1, 0.15) is 11.6 Å². The van der Waals surface area contributed by atoms with Crippen LogP contribution in [0.25, 0.3) is 0 Å². The molecular formula is C14H17F2NO. The summed E-state index contributed by atoms with van der Waals surface area (Å²) < 4.78 is 26.5. The first-order valence-electron chi connectivity index (χ1n) is 6.30. The van der Waals surface area contributed by atoms with Crippen molar-refractivity contribution < 1.29 is 13.6 Å². The smallest absolute Gasteiger partial charge is 0.179 e. The molecule has 0 spiro atoms. The largest absolute Gasteiger partial charge is 0.293 e. The predicted molar refractivity (Wildman–Crippen MR) is 65.6 cm³/mol. The van der Waals surface area contributed by atoms with Gasteiger partial charge in [0.2, 0.25) is 0 Å². The van der Waals surface area contributed by atoms with Gasteiger partial charge >= 0.3 is 0 Å². The number of hydrogen-bond acceptors (Lipinski definition) is 2. The number of piperidine rings is 1. The molecular weight excluding hydrogens is 236 g/mol. The van der Waals surface area contributed by atoms with Gasteiger partial charge in [-0.05, 0) is 44.5 Å². The van der Waals surface area contributed by atoms with Crippen LogP contribution < -0.4 is 0 Å². The van der Waals surface area contributed by atoms with Crippen LogP contribution in [-0.2, 0) is 0 Å². The highest BCUT2D eigenvalue weighted by Gasteiger charge is 2.22. The topological polar surface area (TPSA) is 20.3 Å². The number of Topliss-reactive ketones (excluding diaryl/α,β-unsaturated/α-hetero) is 1. The van der Waals surface area contributed by atoms with Gasteiger partial charge in [-0.2, -0.15) is 0 Å². The molecule has 1 aliphatic rings. The summed E-state index contributed by atoms with van der Waals surface area (Å²) in [4.78, 5) is 14.0. The maximum atomic E-state index is 13.5. The van der Waals surface area contributed by atoms with Gasteiger partial charge in [-0.1, -0.05) is 6.42 Å². The van der Waals surface area contributed by atoms with Crippen LogP contribution in [-0.4, -0.2) is 29.8 Å². The zero-order chi connectivity index (χ0) is 13.1.